The molecule has 0 spiro atoms. The van der Waals surface area contributed by atoms with Gasteiger partial charge in [-0.2, -0.15) is 0 Å². The van der Waals surface area contributed by atoms with E-state index in [2.05, 4.69) is 12.2 Å². The van der Waals surface area contributed by atoms with E-state index in [1.54, 1.807) is 6.20 Å². The van der Waals surface area contributed by atoms with Crippen LogP contribution in [0.4, 0.5) is 0 Å². The Morgan fingerprint density at radius 1 is 1.20 bits per heavy atom. The summed E-state index contributed by atoms with van der Waals surface area (Å²) in [5.41, 5.74) is 13.6. The summed E-state index contributed by atoms with van der Waals surface area (Å²) < 4.78 is 0. The third kappa shape index (κ3) is 1.87. The molecule has 0 fully saturated rings. The largest absolute Gasteiger partial charge is 0.385 e. The molecule has 3 nitrogen and oxygen atoms in total. The predicted octanol–water partition coefficient (Wildman–Crippen LogP) is 1.07. The van der Waals surface area contributed by atoms with E-state index in [9.17, 15) is 0 Å². The molecule has 78 valence electrons. The molecule has 1 unspecified atom stereocenters. The van der Waals surface area contributed by atoms with E-state index in [0.717, 1.165) is 5.56 Å². The maximum Gasteiger partial charge on any atom is 0.0984 e. The van der Waals surface area contributed by atoms with E-state index >= 15 is 0 Å². The van der Waals surface area contributed by atoms with Crippen molar-refractivity contribution in [2.45, 2.75) is 12.5 Å². The zero-order chi connectivity index (χ0) is 10.9. The summed E-state index contributed by atoms with van der Waals surface area (Å²) in [4.78, 5) is 0. The summed E-state index contributed by atoms with van der Waals surface area (Å²) in [5, 5.41) is 2.90. The quantitative estimate of drug-likeness (QED) is 0.636. The van der Waals surface area contributed by atoms with E-state index in [1.807, 2.05) is 36.4 Å². The number of benzene rings is 1. The monoisotopic (exact) mass is 201 g/mol. The lowest BCUT2D eigenvalue weighted by Crippen LogP contribution is -2.37. The molecule has 1 atom stereocenters. The molecule has 0 saturated carbocycles. The van der Waals surface area contributed by atoms with Crippen molar-refractivity contribution < 1.29 is 0 Å². The van der Waals surface area contributed by atoms with Crippen LogP contribution in [0.1, 0.15) is 11.1 Å². The molecule has 0 radical (unpaired) electrons. The van der Waals surface area contributed by atoms with Crippen LogP contribution in [0.15, 0.2) is 48.4 Å². The van der Waals surface area contributed by atoms with Gasteiger partial charge in [-0.1, -0.05) is 29.8 Å². The van der Waals surface area contributed by atoms with E-state index < -0.39 is 5.54 Å². The van der Waals surface area contributed by atoms with Crippen molar-refractivity contribution in [1.29, 1.82) is 0 Å². The SMILES string of the molecule is Cc1ccc(C2(N)C=CNC(N)=C2)cc1. The molecular formula is C12H15N3. The Bertz CT molecular complexity index is 417. The smallest absolute Gasteiger partial charge is 0.0984 e. The Balaban J connectivity index is 2.41. The van der Waals surface area contributed by atoms with Crippen molar-refractivity contribution in [3.8, 4) is 0 Å². The number of hydrogen-bond donors (Lipinski definition) is 3. The highest BCUT2D eigenvalue weighted by Gasteiger charge is 2.23. The van der Waals surface area contributed by atoms with Gasteiger partial charge in [-0.15, -0.1) is 0 Å². The van der Waals surface area contributed by atoms with Gasteiger partial charge >= 0.3 is 0 Å². The number of nitrogens with two attached hydrogens (primary N) is 2. The Labute approximate surface area is 89.5 Å². The topological polar surface area (TPSA) is 64.1 Å². The molecule has 1 aromatic rings. The zero-order valence-corrected chi connectivity index (χ0v) is 8.70. The number of nitrogens with one attached hydrogen (secondary N) is 1. The normalized spacial score (nSPS) is 24.5. The van der Waals surface area contributed by atoms with Crippen LogP contribution in [0.2, 0.25) is 0 Å². The minimum Gasteiger partial charge on any atom is -0.385 e. The van der Waals surface area contributed by atoms with E-state index in [1.165, 1.54) is 5.56 Å². The first kappa shape index (κ1) is 9.80. The van der Waals surface area contributed by atoms with Crippen LogP contribution in [0, 0.1) is 6.92 Å². The fourth-order valence-corrected chi connectivity index (χ4v) is 1.64. The number of hydrogen-bond acceptors (Lipinski definition) is 3. The highest BCUT2D eigenvalue weighted by atomic mass is 15.0. The molecule has 1 aromatic carbocycles. The third-order valence-corrected chi connectivity index (χ3v) is 2.56. The van der Waals surface area contributed by atoms with Crippen molar-refractivity contribution in [3.05, 3.63) is 59.6 Å². The summed E-state index contributed by atoms with van der Waals surface area (Å²) in [7, 11) is 0. The molecule has 1 aliphatic rings. The average molecular weight is 201 g/mol. The maximum atomic E-state index is 6.24. The number of dihydropyridines is 1. The molecule has 1 aliphatic heterocycles. The van der Waals surface area contributed by atoms with Gasteiger partial charge in [0.1, 0.15) is 0 Å². The van der Waals surface area contributed by atoms with Crippen LogP contribution in [-0.4, -0.2) is 0 Å². The van der Waals surface area contributed by atoms with Gasteiger partial charge < -0.3 is 16.8 Å². The predicted molar refractivity (Wildman–Crippen MR) is 61.6 cm³/mol. The van der Waals surface area contributed by atoms with Gasteiger partial charge in [0, 0.05) is 6.20 Å². The van der Waals surface area contributed by atoms with Gasteiger partial charge in [0.25, 0.3) is 0 Å². The first-order chi connectivity index (χ1) is 7.10. The molecule has 0 saturated heterocycles. The van der Waals surface area contributed by atoms with Crippen LogP contribution < -0.4 is 16.8 Å². The third-order valence-electron chi connectivity index (χ3n) is 2.56. The van der Waals surface area contributed by atoms with Crippen LogP contribution in [0.3, 0.4) is 0 Å². The van der Waals surface area contributed by atoms with Gasteiger partial charge in [-0.3, -0.25) is 0 Å². The van der Waals surface area contributed by atoms with Gasteiger partial charge in [-0.25, -0.2) is 0 Å². The van der Waals surface area contributed by atoms with Crippen molar-refractivity contribution in [1.82, 2.24) is 5.32 Å². The fraction of sp³-hybridized carbons (Fsp3) is 0.167. The molecule has 0 aromatic heterocycles. The lowest BCUT2D eigenvalue weighted by molar-refractivity contribution is 0.675. The van der Waals surface area contributed by atoms with Crippen LogP contribution >= 0.6 is 0 Å². The Morgan fingerprint density at radius 3 is 2.47 bits per heavy atom. The minimum atomic E-state index is -0.594. The molecular weight excluding hydrogens is 186 g/mol. The fourth-order valence-electron chi connectivity index (χ4n) is 1.64. The molecule has 15 heavy (non-hydrogen) atoms. The first-order valence-corrected chi connectivity index (χ1v) is 4.89. The average Bonchev–Trinajstić information content (AvgIpc) is 2.18. The Kier molecular flexibility index (Phi) is 2.25. The standard InChI is InChI=1S/C12H15N3/c1-9-2-4-10(5-3-9)12(14)6-7-15-11(13)8-12/h2-8,15H,13-14H2,1H3. The first-order valence-electron chi connectivity index (χ1n) is 4.89. The molecule has 0 aliphatic carbocycles. The lowest BCUT2D eigenvalue weighted by Gasteiger charge is -2.26. The highest BCUT2D eigenvalue weighted by molar-refractivity contribution is 5.39. The van der Waals surface area contributed by atoms with Crippen LogP contribution in [0.5, 0.6) is 0 Å². The van der Waals surface area contributed by atoms with E-state index in [-0.39, 0.29) is 0 Å². The van der Waals surface area contributed by atoms with Crippen molar-refractivity contribution in [2.75, 3.05) is 0 Å². The summed E-state index contributed by atoms with van der Waals surface area (Å²) in [5.74, 6) is 0.584. The minimum absolute atomic E-state index is 0.584. The molecule has 5 N–H and O–H groups in total. The second-order valence-corrected chi connectivity index (χ2v) is 3.88. The van der Waals surface area contributed by atoms with Crippen molar-refractivity contribution >= 4 is 0 Å². The van der Waals surface area contributed by atoms with Crippen molar-refractivity contribution in [3.63, 3.8) is 0 Å². The van der Waals surface area contributed by atoms with Crippen molar-refractivity contribution in [2.24, 2.45) is 11.5 Å². The Hall–Kier alpha value is -1.74. The van der Waals surface area contributed by atoms with E-state index in [4.69, 9.17) is 11.5 Å². The summed E-state index contributed by atoms with van der Waals surface area (Å²) in [6, 6.07) is 8.14. The van der Waals surface area contributed by atoms with Crippen LogP contribution in [0.25, 0.3) is 0 Å². The van der Waals surface area contributed by atoms with Gasteiger partial charge in [-0.05, 0) is 24.6 Å². The molecule has 0 amide bonds. The summed E-state index contributed by atoms with van der Waals surface area (Å²) in [6.45, 7) is 2.05. The second-order valence-electron chi connectivity index (χ2n) is 3.88. The van der Waals surface area contributed by atoms with Crippen LogP contribution in [-0.2, 0) is 5.54 Å². The van der Waals surface area contributed by atoms with Gasteiger partial charge in [0.05, 0.1) is 11.4 Å². The number of aryl methyl sites for hydroxylation is 1. The van der Waals surface area contributed by atoms with E-state index in [0.29, 0.717) is 5.82 Å². The summed E-state index contributed by atoms with van der Waals surface area (Å²) in [6.07, 6.45) is 5.49. The summed E-state index contributed by atoms with van der Waals surface area (Å²) >= 11 is 0. The lowest BCUT2D eigenvalue weighted by atomic mass is 9.89. The number of rotatable bonds is 1. The molecule has 2 rings (SSSR count). The highest BCUT2D eigenvalue weighted by Crippen LogP contribution is 2.24. The zero-order valence-electron chi connectivity index (χ0n) is 8.70. The Morgan fingerprint density at radius 2 is 1.87 bits per heavy atom. The van der Waals surface area contributed by atoms with Gasteiger partial charge in [0.2, 0.25) is 0 Å². The maximum absolute atomic E-state index is 6.24. The second kappa shape index (κ2) is 3.44. The molecule has 3 heteroatoms. The van der Waals surface area contributed by atoms with Gasteiger partial charge in [0.15, 0.2) is 0 Å². The molecule has 0 bridgehead atoms. The molecule has 1 heterocycles.